The summed E-state index contributed by atoms with van der Waals surface area (Å²) >= 11 is 0. The van der Waals surface area contributed by atoms with E-state index in [2.05, 4.69) is 0 Å². The Kier molecular flexibility index (Phi) is 5.25. The Labute approximate surface area is 129 Å². The van der Waals surface area contributed by atoms with Crippen LogP contribution >= 0.6 is 0 Å². The van der Waals surface area contributed by atoms with Gasteiger partial charge in [0, 0.05) is 19.5 Å². The smallest absolute Gasteiger partial charge is 0.303 e. The number of piperidine rings is 1. The molecule has 1 aromatic carbocycles. The van der Waals surface area contributed by atoms with Gasteiger partial charge in [-0.1, -0.05) is 0 Å². The lowest BCUT2D eigenvalue weighted by Crippen LogP contribution is -2.38. The Balaban J connectivity index is 1.96. The van der Waals surface area contributed by atoms with Gasteiger partial charge in [-0.2, -0.15) is 0 Å². The van der Waals surface area contributed by atoms with Gasteiger partial charge in [-0.15, -0.1) is 0 Å². The normalized spacial score (nSPS) is 15.6. The first-order valence-electron chi connectivity index (χ1n) is 7.39. The molecular weight excluding hydrogens is 286 g/mol. The Morgan fingerprint density at radius 1 is 1.32 bits per heavy atom. The summed E-state index contributed by atoms with van der Waals surface area (Å²) in [6.45, 7) is 1.17. The number of carboxylic acids is 1. The number of rotatable bonds is 5. The van der Waals surface area contributed by atoms with Crippen LogP contribution in [0.1, 0.15) is 36.0 Å². The van der Waals surface area contributed by atoms with Crippen molar-refractivity contribution in [2.45, 2.75) is 25.7 Å². The van der Waals surface area contributed by atoms with E-state index < -0.39 is 5.97 Å². The molecule has 1 aliphatic rings. The number of phenolic OH excluding ortho intramolecular Hbond substituents is 1. The van der Waals surface area contributed by atoms with Crippen molar-refractivity contribution in [1.82, 2.24) is 4.90 Å². The lowest BCUT2D eigenvalue weighted by Gasteiger charge is -2.32. The molecule has 22 heavy (non-hydrogen) atoms. The van der Waals surface area contributed by atoms with Crippen molar-refractivity contribution in [2.75, 3.05) is 20.2 Å². The van der Waals surface area contributed by atoms with E-state index >= 15 is 0 Å². The third-order valence-corrected chi connectivity index (χ3v) is 4.10. The minimum atomic E-state index is -0.778. The number of methoxy groups -OCH3 is 1. The van der Waals surface area contributed by atoms with Crippen LogP contribution in [0.4, 0.5) is 0 Å². The lowest BCUT2D eigenvalue weighted by molar-refractivity contribution is -0.137. The van der Waals surface area contributed by atoms with Crippen LogP contribution in [0.2, 0.25) is 0 Å². The average Bonchev–Trinajstić information content (AvgIpc) is 2.53. The Bertz CT molecular complexity index is 549. The number of ether oxygens (including phenoxy) is 1. The monoisotopic (exact) mass is 307 g/mol. The number of hydrogen-bond acceptors (Lipinski definition) is 4. The van der Waals surface area contributed by atoms with E-state index in [0.29, 0.717) is 31.2 Å². The van der Waals surface area contributed by atoms with Gasteiger partial charge in [0.25, 0.3) is 5.91 Å². The number of carbonyl (C=O) groups excluding carboxylic acids is 1. The topological polar surface area (TPSA) is 87.1 Å². The van der Waals surface area contributed by atoms with Crippen LogP contribution in [0.5, 0.6) is 11.5 Å². The van der Waals surface area contributed by atoms with Gasteiger partial charge in [-0.05, 0) is 43.4 Å². The predicted molar refractivity (Wildman–Crippen MR) is 80.2 cm³/mol. The summed E-state index contributed by atoms with van der Waals surface area (Å²) in [6, 6.07) is 4.59. The zero-order valence-corrected chi connectivity index (χ0v) is 12.6. The first kappa shape index (κ1) is 16.1. The molecule has 6 nitrogen and oxygen atoms in total. The number of nitrogens with zero attached hydrogens (tertiary/aromatic N) is 1. The summed E-state index contributed by atoms with van der Waals surface area (Å²) in [4.78, 5) is 24.8. The highest BCUT2D eigenvalue weighted by molar-refractivity contribution is 5.97. The third-order valence-electron chi connectivity index (χ3n) is 4.10. The van der Waals surface area contributed by atoms with E-state index in [4.69, 9.17) is 9.84 Å². The van der Waals surface area contributed by atoms with Gasteiger partial charge in [0.1, 0.15) is 11.5 Å². The minimum Gasteiger partial charge on any atom is -0.507 e. The maximum Gasteiger partial charge on any atom is 0.303 e. The number of phenols is 1. The van der Waals surface area contributed by atoms with Gasteiger partial charge in [0.05, 0.1) is 12.7 Å². The minimum absolute atomic E-state index is 0.0567. The van der Waals surface area contributed by atoms with Gasteiger partial charge < -0.3 is 19.8 Å². The molecular formula is C16H21NO5. The van der Waals surface area contributed by atoms with Crippen molar-refractivity contribution >= 4 is 11.9 Å². The molecule has 120 valence electrons. The zero-order chi connectivity index (χ0) is 16.1. The largest absolute Gasteiger partial charge is 0.507 e. The number of aromatic hydroxyl groups is 1. The van der Waals surface area contributed by atoms with Gasteiger partial charge in [-0.3, -0.25) is 9.59 Å². The maximum absolute atomic E-state index is 12.5. The van der Waals surface area contributed by atoms with E-state index in [9.17, 15) is 14.7 Å². The molecule has 2 rings (SSSR count). The second kappa shape index (κ2) is 7.15. The fraction of sp³-hybridized carbons (Fsp3) is 0.500. The summed E-state index contributed by atoms with van der Waals surface area (Å²) in [7, 11) is 1.51. The number of carboxylic acid groups (broad SMARTS) is 1. The van der Waals surface area contributed by atoms with Crippen molar-refractivity contribution < 1.29 is 24.5 Å². The van der Waals surface area contributed by atoms with E-state index in [1.165, 1.54) is 19.2 Å². The summed E-state index contributed by atoms with van der Waals surface area (Å²) in [5.74, 6) is -0.178. The summed E-state index contributed by atoms with van der Waals surface area (Å²) < 4.78 is 5.08. The standard InChI is InChI=1S/C16H21NO5/c1-22-12-3-4-14(18)13(10-12)16(21)17-8-6-11(7-9-17)2-5-15(19)20/h3-4,10-11,18H,2,5-9H2,1H3,(H,19,20). The first-order valence-corrected chi connectivity index (χ1v) is 7.39. The van der Waals surface area contributed by atoms with Gasteiger partial charge in [0.2, 0.25) is 0 Å². The third kappa shape index (κ3) is 3.90. The molecule has 2 N–H and O–H groups in total. The molecule has 0 radical (unpaired) electrons. The molecule has 0 atom stereocenters. The number of benzene rings is 1. The number of likely N-dealkylation sites (tertiary alicyclic amines) is 1. The molecule has 1 aromatic rings. The van der Waals surface area contributed by atoms with Crippen LogP contribution in [0, 0.1) is 5.92 Å². The molecule has 6 heteroatoms. The molecule has 1 saturated heterocycles. The van der Waals surface area contributed by atoms with Crippen LogP contribution in [0.15, 0.2) is 18.2 Å². The van der Waals surface area contributed by atoms with E-state index in [0.717, 1.165) is 12.8 Å². The first-order chi connectivity index (χ1) is 10.5. The molecule has 0 saturated carbocycles. The van der Waals surface area contributed by atoms with Crippen molar-refractivity contribution in [1.29, 1.82) is 0 Å². The second-order valence-electron chi connectivity index (χ2n) is 5.55. The predicted octanol–water partition coefficient (Wildman–Crippen LogP) is 2.12. The fourth-order valence-corrected chi connectivity index (χ4v) is 2.74. The molecule has 0 aliphatic carbocycles. The van der Waals surface area contributed by atoms with E-state index in [1.807, 2.05) is 0 Å². The van der Waals surface area contributed by atoms with Crippen molar-refractivity contribution in [3.8, 4) is 11.5 Å². The number of amides is 1. The Hall–Kier alpha value is -2.24. The van der Waals surface area contributed by atoms with Crippen LogP contribution in [-0.2, 0) is 4.79 Å². The molecule has 1 amide bonds. The molecule has 1 heterocycles. The summed E-state index contributed by atoms with van der Waals surface area (Å²) in [5.41, 5.74) is 0.239. The summed E-state index contributed by atoms with van der Waals surface area (Å²) in [5, 5.41) is 18.6. The van der Waals surface area contributed by atoms with Gasteiger partial charge in [-0.25, -0.2) is 0 Å². The fourth-order valence-electron chi connectivity index (χ4n) is 2.74. The average molecular weight is 307 g/mol. The van der Waals surface area contributed by atoms with Crippen LogP contribution in [0.25, 0.3) is 0 Å². The van der Waals surface area contributed by atoms with Crippen molar-refractivity contribution in [2.24, 2.45) is 5.92 Å². The Morgan fingerprint density at radius 3 is 2.59 bits per heavy atom. The zero-order valence-electron chi connectivity index (χ0n) is 12.6. The molecule has 0 aromatic heterocycles. The quantitative estimate of drug-likeness (QED) is 0.870. The lowest BCUT2D eigenvalue weighted by atomic mass is 9.92. The van der Waals surface area contributed by atoms with Crippen LogP contribution in [-0.4, -0.2) is 47.2 Å². The number of aliphatic carboxylic acids is 1. The highest BCUT2D eigenvalue weighted by Crippen LogP contribution is 2.27. The molecule has 0 unspecified atom stereocenters. The highest BCUT2D eigenvalue weighted by Gasteiger charge is 2.25. The number of hydrogen-bond donors (Lipinski definition) is 2. The second-order valence-corrected chi connectivity index (χ2v) is 5.55. The molecule has 0 bridgehead atoms. The molecule has 1 fully saturated rings. The maximum atomic E-state index is 12.5. The van der Waals surface area contributed by atoms with Crippen LogP contribution < -0.4 is 4.74 Å². The van der Waals surface area contributed by atoms with E-state index in [-0.39, 0.29) is 23.6 Å². The van der Waals surface area contributed by atoms with Gasteiger partial charge in [0.15, 0.2) is 0 Å². The number of carbonyl (C=O) groups is 2. The van der Waals surface area contributed by atoms with Crippen LogP contribution in [0.3, 0.4) is 0 Å². The van der Waals surface area contributed by atoms with Crippen molar-refractivity contribution in [3.63, 3.8) is 0 Å². The SMILES string of the molecule is COc1ccc(O)c(C(=O)N2CCC(CCC(=O)O)CC2)c1. The summed E-state index contributed by atoms with van der Waals surface area (Å²) in [6.07, 6.45) is 2.42. The van der Waals surface area contributed by atoms with Crippen molar-refractivity contribution in [3.05, 3.63) is 23.8 Å². The van der Waals surface area contributed by atoms with E-state index in [1.54, 1.807) is 11.0 Å². The molecule has 1 aliphatic heterocycles. The molecule has 0 spiro atoms. The van der Waals surface area contributed by atoms with Gasteiger partial charge >= 0.3 is 5.97 Å². The Morgan fingerprint density at radius 2 is 2.00 bits per heavy atom. The highest BCUT2D eigenvalue weighted by atomic mass is 16.5.